The topological polar surface area (TPSA) is 35.5 Å². The van der Waals surface area contributed by atoms with Crippen LogP contribution in [-0.4, -0.2) is 42.7 Å². The number of piperazine rings is 1. The van der Waals surface area contributed by atoms with E-state index in [4.69, 9.17) is 0 Å². The van der Waals surface area contributed by atoms with Crippen LogP contribution in [0.5, 0.6) is 0 Å². The first kappa shape index (κ1) is 12.5. The minimum Gasteiger partial charge on any atom is -0.384 e. The first-order valence-corrected chi connectivity index (χ1v) is 5.99. The molecule has 1 fully saturated rings. The van der Waals surface area contributed by atoms with Gasteiger partial charge in [-0.25, -0.2) is 4.39 Å². The number of rotatable bonds is 3. The van der Waals surface area contributed by atoms with Gasteiger partial charge in [-0.15, -0.1) is 0 Å². The fourth-order valence-electron chi connectivity index (χ4n) is 2.22. The number of nitrogens with zero attached hydrogens (tertiary/aromatic N) is 1. The lowest BCUT2D eigenvalue weighted by Gasteiger charge is -2.34. The van der Waals surface area contributed by atoms with Crippen LogP contribution in [0.1, 0.15) is 12.5 Å². The predicted molar refractivity (Wildman–Crippen MR) is 65.3 cm³/mol. The van der Waals surface area contributed by atoms with E-state index in [9.17, 15) is 9.50 Å². The van der Waals surface area contributed by atoms with E-state index >= 15 is 0 Å². The standard InChI is InChI=1S/C13H19FN2O/c1-13(17,10-16-7-5-15-6-8-16)11-3-2-4-12(14)9-11/h2-4,9,15,17H,5-8,10H2,1H3. The van der Waals surface area contributed by atoms with Crippen LogP contribution >= 0.6 is 0 Å². The molecule has 17 heavy (non-hydrogen) atoms. The van der Waals surface area contributed by atoms with E-state index in [1.165, 1.54) is 12.1 Å². The molecule has 2 N–H and O–H groups in total. The average Bonchev–Trinajstić information content (AvgIpc) is 2.30. The third-order valence-electron chi connectivity index (χ3n) is 3.19. The Balaban J connectivity index is 2.06. The molecule has 1 aliphatic heterocycles. The van der Waals surface area contributed by atoms with E-state index in [2.05, 4.69) is 10.2 Å². The maximum Gasteiger partial charge on any atom is 0.123 e. The number of benzene rings is 1. The third kappa shape index (κ3) is 3.25. The number of nitrogens with one attached hydrogen (secondary N) is 1. The van der Waals surface area contributed by atoms with E-state index < -0.39 is 5.60 Å². The zero-order valence-corrected chi connectivity index (χ0v) is 10.1. The second-order valence-electron chi connectivity index (χ2n) is 4.81. The quantitative estimate of drug-likeness (QED) is 0.822. The Labute approximate surface area is 101 Å². The van der Waals surface area contributed by atoms with E-state index in [0.29, 0.717) is 12.1 Å². The summed E-state index contributed by atoms with van der Waals surface area (Å²) >= 11 is 0. The fraction of sp³-hybridized carbons (Fsp3) is 0.538. The van der Waals surface area contributed by atoms with Gasteiger partial charge in [-0.05, 0) is 24.6 Å². The molecule has 0 aromatic heterocycles. The summed E-state index contributed by atoms with van der Waals surface area (Å²) in [4.78, 5) is 2.20. The molecule has 0 saturated carbocycles. The van der Waals surface area contributed by atoms with Crippen molar-refractivity contribution in [3.8, 4) is 0 Å². The summed E-state index contributed by atoms with van der Waals surface area (Å²) in [6.07, 6.45) is 0. The van der Waals surface area contributed by atoms with Gasteiger partial charge in [0.25, 0.3) is 0 Å². The smallest absolute Gasteiger partial charge is 0.123 e. The molecular weight excluding hydrogens is 219 g/mol. The predicted octanol–water partition coefficient (Wildman–Crippen LogP) is 0.938. The van der Waals surface area contributed by atoms with E-state index in [-0.39, 0.29) is 5.82 Å². The zero-order chi connectivity index (χ0) is 12.3. The summed E-state index contributed by atoms with van der Waals surface area (Å²) in [6, 6.07) is 6.20. The maximum absolute atomic E-state index is 13.1. The minimum absolute atomic E-state index is 0.303. The lowest BCUT2D eigenvalue weighted by atomic mass is 9.95. The molecule has 1 heterocycles. The minimum atomic E-state index is -1.00. The summed E-state index contributed by atoms with van der Waals surface area (Å²) in [7, 11) is 0. The van der Waals surface area contributed by atoms with Crippen LogP contribution in [0.2, 0.25) is 0 Å². The van der Waals surface area contributed by atoms with Gasteiger partial charge in [-0.2, -0.15) is 0 Å². The van der Waals surface area contributed by atoms with Gasteiger partial charge in [-0.1, -0.05) is 12.1 Å². The van der Waals surface area contributed by atoms with Gasteiger partial charge in [-0.3, -0.25) is 4.90 Å². The molecule has 0 bridgehead atoms. The van der Waals surface area contributed by atoms with Gasteiger partial charge in [0.05, 0.1) is 5.60 Å². The van der Waals surface area contributed by atoms with Crippen molar-refractivity contribution >= 4 is 0 Å². The summed E-state index contributed by atoms with van der Waals surface area (Å²) in [5.41, 5.74) is -0.365. The Morgan fingerprint density at radius 2 is 2.12 bits per heavy atom. The van der Waals surface area contributed by atoms with E-state index in [1.54, 1.807) is 19.1 Å². The van der Waals surface area contributed by atoms with Crippen molar-refractivity contribution in [1.82, 2.24) is 10.2 Å². The van der Waals surface area contributed by atoms with Crippen LogP contribution in [-0.2, 0) is 5.60 Å². The second-order valence-corrected chi connectivity index (χ2v) is 4.81. The summed E-state index contributed by atoms with van der Waals surface area (Å²) < 4.78 is 13.1. The van der Waals surface area contributed by atoms with Crippen molar-refractivity contribution in [3.63, 3.8) is 0 Å². The third-order valence-corrected chi connectivity index (χ3v) is 3.19. The number of aliphatic hydroxyl groups is 1. The summed E-state index contributed by atoms with van der Waals surface area (Å²) in [5, 5.41) is 13.7. The number of hydrogen-bond donors (Lipinski definition) is 2. The molecule has 0 radical (unpaired) electrons. The molecule has 1 unspecified atom stereocenters. The summed E-state index contributed by atoms with van der Waals surface area (Å²) in [6.45, 7) is 6.01. The Hall–Kier alpha value is -0.970. The number of β-amino-alcohol motifs (C(OH)–C–C–N with tert-alkyl or cyclic N) is 1. The molecular formula is C13H19FN2O. The SMILES string of the molecule is CC(O)(CN1CCNCC1)c1cccc(F)c1. The highest BCUT2D eigenvalue weighted by atomic mass is 19.1. The normalized spacial score (nSPS) is 21.1. The van der Waals surface area contributed by atoms with Crippen LogP contribution < -0.4 is 5.32 Å². The van der Waals surface area contributed by atoms with Crippen molar-refractivity contribution in [2.75, 3.05) is 32.7 Å². The molecule has 3 nitrogen and oxygen atoms in total. The van der Waals surface area contributed by atoms with Crippen molar-refractivity contribution in [1.29, 1.82) is 0 Å². The zero-order valence-electron chi connectivity index (χ0n) is 10.1. The lowest BCUT2D eigenvalue weighted by Crippen LogP contribution is -2.48. The monoisotopic (exact) mass is 238 g/mol. The maximum atomic E-state index is 13.1. The molecule has 1 saturated heterocycles. The fourth-order valence-corrected chi connectivity index (χ4v) is 2.22. The largest absolute Gasteiger partial charge is 0.384 e. The van der Waals surface area contributed by atoms with Gasteiger partial charge in [0, 0.05) is 32.7 Å². The van der Waals surface area contributed by atoms with Crippen LogP contribution in [0.3, 0.4) is 0 Å². The number of hydrogen-bond acceptors (Lipinski definition) is 3. The van der Waals surface area contributed by atoms with E-state index in [1.807, 2.05) is 0 Å². The molecule has 1 aromatic carbocycles. The molecule has 1 atom stereocenters. The van der Waals surface area contributed by atoms with Crippen molar-refractivity contribution in [3.05, 3.63) is 35.6 Å². The van der Waals surface area contributed by atoms with Crippen molar-refractivity contribution < 1.29 is 9.50 Å². The van der Waals surface area contributed by atoms with Crippen LogP contribution in [0.4, 0.5) is 4.39 Å². The highest BCUT2D eigenvalue weighted by Crippen LogP contribution is 2.22. The highest BCUT2D eigenvalue weighted by Gasteiger charge is 2.27. The van der Waals surface area contributed by atoms with Crippen molar-refractivity contribution in [2.45, 2.75) is 12.5 Å². The van der Waals surface area contributed by atoms with Gasteiger partial charge in [0.1, 0.15) is 5.82 Å². The van der Waals surface area contributed by atoms with Crippen LogP contribution in [0.15, 0.2) is 24.3 Å². The molecule has 1 aliphatic rings. The lowest BCUT2D eigenvalue weighted by molar-refractivity contribution is 0.0123. The second kappa shape index (κ2) is 5.12. The molecule has 0 amide bonds. The van der Waals surface area contributed by atoms with Gasteiger partial charge in [0.15, 0.2) is 0 Å². The summed E-state index contributed by atoms with van der Waals surface area (Å²) in [5.74, 6) is -0.303. The molecule has 94 valence electrons. The molecule has 0 aliphatic carbocycles. The Kier molecular flexibility index (Phi) is 3.76. The van der Waals surface area contributed by atoms with Crippen molar-refractivity contribution in [2.24, 2.45) is 0 Å². The molecule has 4 heteroatoms. The first-order chi connectivity index (χ1) is 8.08. The van der Waals surface area contributed by atoms with Gasteiger partial charge >= 0.3 is 0 Å². The van der Waals surface area contributed by atoms with Crippen LogP contribution in [0.25, 0.3) is 0 Å². The molecule has 2 rings (SSSR count). The first-order valence-electron chi connectivity index (χ1n) is 5.99. The van der Waals surface area contributed by atoms with Crippen LogP contribution in [0, 0.1) is 5.82 Å². The molecule has 1 aromatic rings. The Morgan fingerprint density at radius 1 is 1.41 bits per heavy atom. The van der Waals surface area contributed by atoms with Gasteiger partial charge < -0.3 is 10.4 Å². The highest BCUT2D eigenvalue weighted by molar-refractivity contribution is 5.23. The Bertz CT molecular complexity index is 375. The van der Waals surface area contributed by atoms with E-state index in [0.717, 1.165) is 26.2 Å². The average molecular weight is 238 g/mol. The van der Waals surface area contributed by atoms with Gasteiger partial charge in [0.2, 0.25) is 0 Å². The molecule has 0 spiro atoms. The number of halogens is 1. The Morgan fingerprint density at radius 3 is 2.76 bits per heavy atom.